The fourth-order valence-corrected chi connectivity index (χ4v) is 3.25. The van der Waals surface area contributed by atoms with Gasteiger partial charge in [0.25, 0.3) is 11.5 Å². The minimum Gasteiger partial charge on any atom is -0.351 e. The molecule has 8 nitrogen and oxygen atoms in total. The van der Waals surface area contributed by atoms with E-state index in [-0.39, 0.29) is 23.3 Å². The van der Waals surface area contributed by atoms with Gasteiger partial charge in [-0.2, -0.15) is 0 Å². The molecule has 0 unspecified atom stereocenters. The van der Waals surface area contributed by atoms with Crippen molar-refractivity contribution in [3.05, 3.63) is 51.9 Å². The number of aromatic nitrogens is 4. The van der Waals surface area contributed by atoms with E-state index in [9.17, 15) is 9.59 Å². The summed E-state index contributed by atoms with van der Waals surface area (Å²) in [5.74, 6) is -0.0124. The van der Waals surface area contributed by atoms with Gasteiger partial charge < -0.3 is 9.42 Å². The molecule has 1 N–H and O–H groups in total. The van der Waals surface area contributed by atoms with E-state index in [2.05, 4.69) is 15.2 Å². The Bertz CT molecular complexity index is 940. The summed E-state index contributed by atoms with van der Waals surface area (Å²) < 4.78 is 6.40. The van der Waals surface area contributed by atoms with E-state index >= 15 is 0 Å². The van der Waals surface area contributed by atoms with Gasteiger partial charge in [-0.15, -0.1) is 0 Å². The summed E-state index contributed by atoms with van der Waals surface area (Å²) in [7, 11) is 0. The number of H-pyrrole nitrogens is 1. The normalized spacial score (nSPS) is 18.2. The third-order valence-corrected chi connectivity index (χ3v) is 4.35. The first-order valence-electron chi connectivity index (χ1n) is 7.94. The number of hydrogen-bond donors (Lipinski definition) is 1. The molecule has 0 aliphatic carbocycles. The Balaban J connectivity index is 1.75. The Hall–Kier alpha value is -2.90. The average Bonchev–Trinajstić information content (AvgIpc) is 3.23. The zero-order valence-corrected chi connectivity index (χ0v) is 13.2. The summed E-state index contributed by atoms with van der Waals surface area (Å²) in [6, 6.07) is 4.63. The Morgan fingerprint density at radius 1 is 1.38 bits per heavy atom. The van der Waals surface area contributed by atoms with E-state index < -0.39 is 0 Å². The number of amides is 1. The van der Waals surface area contributed by atoms with E-state index in [0.29, 0.717) is 17.9 Å². The van der Waals surface area contributed by atoms with Gasteiger partial charge in [0.1, 0.15) is 0 Å². The summed E-state index contributed by atoms with van der Waals surface area (Å²) >= 11 is 0. The summed E-state index contributed by atoms with van der Waals surface area (Å²) in [6.07, 6.45) is 4.12. The van der Waals surface area contributed by atoms with Crippen LogP contribution in [-0.4, -0.2) is 37.1 Å². The number of piperidine rings is 1. The first-order chi connectivity index (χ1) is 11.6. The van der Waals surface area contributed by atoms with Crippen LogP contribution in [0.1, 0.15) is 47.2 Å². The minimum atomic E-state index is -0.232. The van der Waals surface area contributed by atoms with Crippen LogP contribution in [0.25, 0.3) is 5.65 Å². The van der Waals surface area contributed by atoms with E-state index in [1.54, 1.807) is 11.0 Å². The van der Waals surface area contributed by atoms with Crippen molar-refractivity contribution in [1.29, 1.82) is 0 Å². The van der Waals surface area contributed by atoms with Crippen molar-refractivity contribution >= 4 is 11.6 Å². The van der Waals surface area contributed by atoms with Crippen molar-refractivity contribution in [2.24, 2.45) is 0 Å². The fourth-order valence-electron chi connectivity index (χ4n) is 3.25. The lowest BCUT2D eigenvalue weighted by molar-refractivity contribution is 0.0564. The van der Waals surface area contributed by atoms with Gasteiger partial charge in [-0.05, 0) is 26.2 Å². The Labute approximate surface area is 137 Å². The molecule has 0 aromatic carbocycles. The molecule has 0 bridgehead atoms. The number of aromatic amines is 1. The largest absolute Gasteiger partial charge is 0.351 e. The van der Waals surface area contributed by atoms with Crippen LogP contribution in [0.2, 0.25) is 0 Å². The molecule has 4 rings (SSSR count). The molecule has 3 aromatic rings. The van der Waals surface area contributed by atoms with Crippen LogP contribution in [0, 0.1) is 6.92 Å². The first-order valence-corrected chi connectivity index (χ1v) is 7.94. The van der Waals surface area contributed by atoms with Crippen molar-refractivity contribution in [2.75, 3.05) is 6.54 Å². The van der Waals surface area contributed by atoms with Crippen LogP contribution in [0.4, 0.5) is 0 Å². The van der Waals surface area contributed by atoms with Crippen LogP contribution in [-0.2, 0) is 0 Å². The molecule has 1 amide bonds. The highest BCUT2D eigenvalue weighted by Gasteiger charge is 2.31. The summed E-state index contributed by atoms with van der Waals surface area (Å²) in [6.45, 7) is 2.48. The maximum Gasteiger partial charge on any atom is 0.293 e. The molecular formula is C16H17N5O3. The zero-order chi connectivity index (χ0) is 16.7. The third-order valence-electron chi connectivity index (χ3n) is 4.35. The summed E-state index contributed by atoms with van der Waals surface area (Å²) in [5.41, 5.74) is 1.86. The SMILES string of the molecule is Cc1cc2nc([C@@H]3CCCCN3C(=O)c3ccno3)cc(=O)n2[nH]1. The van der Waals surface area contributed by atoms with Gasteiger partial charge in [0.05, 0.1) is 17.9 Å². The third kappa shape index (κ3) is 2.40. The van der Waals surface area contributed by atoms with Gasteiger partial charge >= 0.3 is 0 Å². The number of nitrogens with one attached hydrogen (secondary N) is 1. The highest BCUT2D eigenvalue weighted by molar-refractivity contribution is 5.91. The number of hydrogen-bond acceptors (Lipinski definition) is 5. The van der Waals surface area contributed by atoms with E-state index in [0.717, 1.165) is 25.0 Å². The number of nitrogens with zero attached hydrogens (tertiary/aromatic N) is 4. The van der Waals surface area contributed by atoms with Gasteiger partial charge in [0.2, 0.25) is 5.76 Å². The lowest BCUT2D eigenvalue weighted by Gasteiger charge is -2.34. The monoisotopic (exact) mass is 327 g/mol. The van der Waals surface area contributed by atoms with Crippen LogP contribution < -0.4 is 5.56 Å². The first kappa shape index (κ1) is 14.7. The second kappa shape index (κ2) is 5.63. The second-order valence-corrected chi connectivity index (χ2v) is 6.04. The molecule has 0 spiro atoms. The Morgan fingerprint density at radius 2 is 2.25 bits per heavy atom. The molecule has 1 fully saturated rings. The number of aryl methyl sites for hydroxylation is 1. The average molecular weight is 327 g/mol. The number of likely N-dealkylation sites (tertiary alicyclic amines) is 1. The zero-order valence-electron chi connectivity index (χ0n) is 13.2. The predicted octanol–water partition coefficient (Wildman–Crippen LogP) is 1.69. The number of rotatable bonds is 2. The maximum absolute atomic E-state index is 12.7. The van der Waals surface area contributed by atoms with E-state index in [4.69, 9.17) is 4.52 Å². The Kier molecular flexibility index (Phi) is 3.44. The van der Waals surface area contributed by atoms with Gasteiger partial charge in [0.15, 0.2) is 5.65 Å². The van der Waals surface area contributed by atoms with Crippen LogP contribution in [0.5, 0.6) is 0 Å². The number of carbonyl (C=O) groups excluding carboxylic acids is 1. The predicted molar refractivity (Wildman–Crippen MR) is 84.7 cm³/mol. The molecular weight excluding hydrogens is 310 g/mol. The van der Waals surface area contributed by atoms with Crippen molar-refractivity contribution in [3.63, 3.8) is 0 Å². The lowest BCUT2D eigenvalue weighted by atomic mass is 9.98. The molecule has 0 saturated carbocycles. The smallest absolute Gasteiger partial charge is 0.293 e. The minimum absolute atomic E-state index is 0.180. The highest BCUT2D eigenvalue weighted by atomic mass is 16.5. The molecule has 1 atom stereocenters. The van der Waals surface area contributed by atoms with Crippen LogP contribution in [0.3, 0.4) is 0 Å². The van der Waals surface area contributed by atoms with Crippen molar-refractivity contribution in [3.8, 4) is 0 Å². The highest BCUT2D eigenvalue weighted by Crippen LogP contribution is 2.30. The number of carbonyl (C=O) groups is 1. The Morgan fingerprint density at radius 3 is 3.04 bits per heavy atom. The molecule has 124 valence electrons. The van der Waals surface area contributed by atoms with Gasteiger partial charge in [-0.3, -0.25) is 14.7 Å². The molecule has 1 aliphatic rings. The quantitative estimate of drug-likeness (QED) is 0.772. The molecule has 0 radical (unpaired) electrons. The molecule has 1 aliphatic heterocycles. The van der Waals surface area contributed by atoms with Crippen LogP contribution >= 0.6 is 0 Å². The number of fused-ring (bicyclic) bond motifs is 1. The molecule has 3 aromatic heterocycles. The molecule has 8 heteroatoms. The molecule has 24 heavy (non-hydrogen) atoms. The fraction of sp³-hybridized carbons (Fsp3) is 0.375. The standard InChI is InChI=1S/C16H17N5O3/c1-10-8-14-18-11(9-15(22)21(14)19-10)12-4-2-3-7-20(12)16(23)13-5-6-17-24-13/h5-6,8-9,12,19H,2-4,7H2,1H3/t12-/m0/s1. The van der Waals surface area contributed by atoms with Crippen molar-refractivity contribution in [2.45, 2.75) is 32.2 Å². The van der Waals surface area contributed by atoms with Crippen LogP contribution in [0.15, 0.2) is 33.7 Å². The second-order valence-electron chi connectivity index (χ2n) is 6.04. The summed E-state index contributed by atoms with van der Waals surface area (Å²) in [4.78, 5) is 31.3. The summed E-state index contributed by atoms with van der Waals surface area (Å²) in [5, 5.41) is 6.55. The van der Waals surface area contributed by atoms with Gasteiger partial charge in [-0.1, -0.05) is 5.16 Å². The maximum atomic E-state index is 12.7. The lowest BCUT2D eigenvalue weighted by Crippen LogP contribution is -2.39. The molecule has 4 heterocycles. The van der Waals surface area contributed by atoms with E-state index in [1.165, 1.54) is 16.8 Å². The van der Waals surface area contributed by atoms with Crippen molar-refractivity contribution < 1.29 is 9.32 Å². The van der Waals surface area contributed by atoms with Gasteiger partial charge in [0, 0.05) is 30.4 Å². The van der Waals surface area contributed by atoms with Gasteiger partial charge in [-0.25, -0.2) is 9.50 Å². The molecule has 1 saturated heterocycles. The topological polar surface area (TPSA) is 96.5 Å². The van der Waals surface area contributed by atoms with E-state index in [1.807, 2.05) is 13.0 Å². The van der Waals surface area contributed by atoms with Crippen molar-refractivity contribution in [1.82, 2.24) is 24.7 Å².